The van der Waals surface area contributed by atoms with Crippen molar-refractivity contribution in [2.75, 3.05) is 6.54 Å². The number of fused-ring (bicyclic) bond motifs is 1. The summed E-state index contributed by atoms with van der Waals surface area (Å²) in [6, 6.07) is 0. The third-order valence-electron chi connectivity index (χ3n) is 2.20. The van der Waals surface area contributed by atoms with Crippen molar-refractivity contribution in [1.82, 2.24) is 4.90 Å². The van der Waals surface area contributed by atoms with Gasteiger partial charge < -0.3 is 4.90 Å². The molecule has 0 aromatic rings. The van der Waals surface area contributed by atoms with E-state index in [0.717, 1.165) is 25.0 Å². The zero-order valence-corrected chi connectivity index (χ0v) is 6.47. The molecule has 1 amide bonds. The van der Waals surface area contributed by atoms with Gasteiger partial charge in [0.05, 0.1) is 0 Å². The van der Waals surface area contributed by atoms with Crippen LogP contribution in [0.1, 0.15) is 19.3 Å². The molecule has 0 spiro atoms. The SMILES string of the molecule is C=C1CC2=CCCC(=O)N2C1. The van der Waals surface area contributed by atoms with Gasteiger partial charge in [0.2, 0.25) is 5.91 Å². The van der Waals surface area contributed by atoms with E-state index < -0.39 is 0 Å². The van der Waals surface area contributed by atoms with Gasteiger partial charge in [-0.1, -0.05) is 18.2 Å². The number of carbonyl (C=O) groups is 1. The summed E-state index contributed by atoms with van der Waals surface area (Å²) in [5, 5.41) is 0. The lowest BCUT2D eigenvalue weighted by molar-refractivity contribution is -0.128. The van der Waals surface area contributed by atoms with Crippen LogP contribution in [0.25, 0.3) is 0 Å². The molecule has 0 N–H and O–H groups in total. The van der Waals surface area contributed by atoms with Gasteiger partial charge in [0, 0.05) is 25.1 Å². The van der Waals surface area contributed by atoms with Crippen molar-refractivity contribution in [2.24, 2.45) is 0 Å². The van der Waals surface area contributed by atoms with Crippen LogP contribution in [0.2, 0.25) is 0 Å². The lowest BCUT2D eigenvalue weighted by atomic mass is 10.1. The fourth-order valence-corrected chi connectivity index (χ4v) is 1.66. The van der Waals surface area contributed by atoms with Crippen molar-refractivity contribution in [3.63, 3.8) is 0 Å². The third-order valence-corrected chi connectivity index (χ3v) is 2.20. The molecule has 0 radical (unpaired) electrons. The third kappa shape index (κ3) is 0.985. The van der Waals surface area contributed by atoms with E-state index in [1.807, 2.05) is 4.90 Å². The Labute approximate surface area is 66.2 Å². The smallest absolute Gasteiger partial charge is 0.227 e. The Bertz CT molecular complexity index is 252. The van der Waals surface area contributed by atoms with Crippen molar-refractivity contribution in [3.8, 4) is 0 Å². The summed E-state index contributed by atoms with van der Waals surface area (Å²) < 4.78 is 0. The molecule has 0 aliphatic carbocycles. The zero-order chi connectivity index (χ0) is 7.84. The predicted octanol–water partition coefficient (Wildman–Crippen LogP) is 1.45. The molecular weight excluding hydrogens is 138 g/mol. The van der Waals surface area contributed by atoms with Crippen molar-refractivity contribution in [2.45, 2.75) is 19.3 Å². The van der Waals surface area contributed by atoms with Crippen LogP contribution in [0.4, 0.5) is 0 Å². The van der Waals surface area contributed by atoms with E-state index in [2.05, 4.69) is 12.7 Å². The van der Waals surface area contributed by atoms with Crippen molar-refractivity contribution in [1.29, 1.82) is 0 Å². The predicted molar refractivity (Wildman–Crippen MR) is 42.8 cm³/mol. The Balaban J connectivity index is 2.30. The van der Waals surface area contributed by atoms with Gasteiger partial charge in [0.15, 0.2) is 0 Å². The second-order valence-corrected chi connectivity index (χ2v) is 3.14. The van der Waals surface area contributed by atoms with Crippen LogP contribution in [-0.4, -0.2) is 17.4 Å². The molecule has 2 heterocycles. The van der Waals surface area contributed by atoms with Gasteiger partial charge in [-0.2, -0.15) is 0 Å². The first kappa shape index (κ1) is 6.65. The van der Waals surface area contributed by atoms with Crippen molar-refractivity contribution in [3.05, 3.63) is 23.9 Å². The highest BCUT2D eigenvalue weighted by Gasteiger charge is 2.27. The van der Waals surface area contributed by atoms with Crippen LogP contribution in [0.3, 0.4) is 0 Å². The fraction of sp³-hybridized carbons (Fsp3) is 0.444. The van der Waals surface area contributed by atoms with Gasteiger partial charge in [-0.25, -0.2) is 0 Å². The molecule has 0 atom stereocenters. The number of amides is 1. The molecule has 2 aliphatic heterocycles. The molecule has 58 valence electrons. The van der Waals surface area contributed by atoms with Gasteiger partial charge in [-0.15, -0.1) is 0 Å². The molecule has 1 fully saturated rings. The average Bonchev–Trinajstić information content (AvgIpc) is 2.31. The zero-order valence-electron chi connectivity index (χ0n) is 6.47. The maximum Gasteiger partial charge on any atom is 0.227 e. The van der Waals surface area contributed by atoms with Gasteiger partial charge in [0.1, 0.15) is 0 Å². The molecule has 0 aromatic heterocycles. The summed E-state index contributed by atoms with van der Waals surface area (Å²) in [5.74, 6) is 0.265. The van der Waals surface area contributed by atoms with E-state index >= 15 is 0 Å². The Morgan fingerprint density at radius 2 is 2.36 bits per heavy atom. The number of hydrogen-bond donors (Lipinski definition) is 0. The highest BCUT2D eigenvalue weighted by molar-refractivity contribution is 5.80. The summed E-state index contributed by atoms with van der Waals surface area (Å²) in [7, 11) is 0. The second kappa shape index (κ2) is 2.22. The molecule has 0 bridgehead atoms. The largest absolute Gasteiger partial charge is 0.312 e. The lowest BCUT2D eigenvalue weighted by Gasteiger charge is -2.20. The second-order valence-electron chi connectivity index (χ2n) is 3.14. The van der Waals surface area contributed by atoms with E-state index in [-0.39, 0.29) is 5.91 Å². The monoisotopic (exact) mass is 149 g/mol. The van der Waals surface area contributed by atoms with E-state index in [4.69, 9.17) is 0 Å². The first-order chi connectivity index (χ1) is 5.27. The molecule has 2 rings (SSSR count). The summed E-state index contributed by atoms with van der Waals surface area (Å²) in [4.78, 5) is 13.1. The quantitative estimate of drug-likeness (QED) is 0.477. The van der Waals surface area contributed by atoms with E-state index in [9.17, 15) is 4.79 Å². The first-order valence-corrected chi connectivity index (χ1v) is 3.93. The molecule has 2 aliphatic rings. The van der Waals surface area contributed by atoms with Crippen LogP contribution in [0.5, 0.6) is 0 Å². The average molecular weight is 149 g/mol. The lowest BCUT2D eigenvalue weighted by Crippen LogP contribution is -2.28. The highest BCUT2D eigenvalue weighted by Crippen LogP contribution is 2.29. The molecule has 1 saturated heterocycles. The number of nitrogens with zero attached hydrogens (tertiary/aromatic N) is 1. The maximum absolute atomic E-state index is 11.3. The Kier molecular flexibility index (Phi) is 1.34. The fourth-order valence-electron chi connectivity index (χ4n) is 1.66. The number of hydrogen-bond acceptors (Lipinski definition) is 1. The van der Waals surface area contributed by atoms with Crippen molar-refractivity contribution < 1.29 is 4.79 Å². The van der Waals surface area contributed by atoms with Crippen molar-refractivity contribution >= 4 is 5.91 Å². The molecule has 2 heteroatoms. The Morgan fingerprint density at radius 1 is 1.55 bits per heavy atom. The standard InChI is InChI=1S/C9H11NO/c1-7-5-8-3-2-4-9(11)10(8)6-7/h3H,1-2,4-6H2. The normalized spacial score (nSPS) is 23.6. The highest BCUT2D eigenvalue weighted by atomic mass is 16.2. The minimum Gasteiger partial charge on any atom is -0.312 e. The summed E-state index contributed by atoms with van der Waals surface area (Å²) in [5.41, 5.74) is 2.33. The van der Waals surface area contributed by atoms with E-state index in [1.54, 1.807) is 0 Å². The van der Waals surface area contributed by atoms with E-state index in [1.165, 1.54) is 5.70 Å². The van der Waals surface area contributed by atoms with Crippen LogP contribution in [0.15, 0.2) is 23.9 Å². The number of carbonyl (C=O) groups excluding carboxylic acids is 1. The Hall–Kier alpha value is -1.05. The maximum atomic E-state index is 11.3. The van der Waals surface area contributed by atoms with Crippen LogP contribution < -0.4 is 0 Å². The van der Waals surface area contributed by atoms with Gasteiger partial charge in [0.25, 0.3) is 0 Å². The van der Waals surface area contributed by atoms with Crippen LogP contribution >= 0.6 is 0 Å². The Morgan fingerprint density at radius 3 is 3.09 bits per heavy atom. The molecular formula is C9H11NO. The van der Waals surface area contributed by atoms with Gasteiger partial charge in [-0.05, 0) is 6.42 Å². The van der Waals surface area contributed by atoms with Crippen LogP contribution in [0, 0.1) is 0 Å². The summed E-state index contributed by atoms with van der Waals surface area (Å²) >= 11 is 0. The number of allylic oxidation sites excluding steroid dienone is 2. The summed E-state index contributed by atoms with van der Waals surface area (Å²) in [6.07, 6.45) is 4.65. The first-order valence-electron chi connectivity index (χ1n) is 3.93. The summed E-state index contributed by atoms with van der Waals surface area (Å²) in [6.45, 7) is 4.63. The molecule has 0 unspecified atom stereocenters. The number of rotatable bonds is 0. The van der Waals surface area contributed by atoms with Crippen LogP contribution in [-0.2, 0) is 4.79 Å². The topological polar surface area (TPSA) is 20.3 Å². The minimum absolute atomic E-state index is 0.265. The van der Waals surface area contributed by atoms with Gasteiger partial charge in [-0.3, -0.25) is 4.79 Å². The molecule has 0 saturated carbocycles. The molecule has 2 nitrogen and oxygen atoms in total. The van der Waals surface area contributed by atoms with E-state index in [0.29, 0.717) is 6.42 Å². The van der Waals surface area contributed by atoms with Gasteiger partial charge >= 0.3 is 0 Å². The minimum atomic E-state index is 0.265. The molecule has 11 heavy (non-hydrogen) atoms. The molecule has 0 aromatic carbocycles.